The SMILES string of the molecule is COc1cc(Cl)c(CCCCCCNC(C)C)cc1Cl. The van der Waals surface area contributed by atoms with E-state index in [1.54, 1.807) is 13.2 Å². The van der Waals surface area contributed by atoms with Crippen molar-refractivity contribution in [2.75, 3.05) is 13.7 Å². The molecule has 1 aromatic carbocycles. The van der Waals surface area contributed by atoms with Crippen LogP contribution in [-0.2, 0) is 6.42 Å². The van der Waals surface area contributed by atoms with Gasteiger partial charge in [-0.1, -0.05) is 49.9 Å². The second-order valence-electron chi connectivity index (χ2n) is 5.35. The van der Waals surface area contributed by atoms with Crippen LogP contribution in [0, 0.1) is 0 Å². The van der Waals surface area contributed by atoms with Gasteiger partial charge in [-0.15, -0.1) is 0 Å². The Morgan fingerprint density at radius 2 is 1.75 bits per heavy atom. The third kappa shape index (κ3) is 6.34. The average molecular weight is 318 g/mol. The Morgan fingerprint density at radius 3 is 2.40 bits per heavy atom. The van der Waals surface area contributed by atoms with Gasteiger partial charge in [-0.05, 0) is 37.4 Å². The molecule has 0 atom stereocenters. The Bertz CT molecular complexity index is 408. The third-order valence-corrected chi connectivity index (χ3v) is 3.89. The zero-order valence-electron chi connectivity index (χ0n) is 12.6. The molecule has 1 rings (SSSR count). The van der Waals surface area contributed by atoms with Crippen LogP contribution >= 0.6 is 23.2 Å². The van der Waals surface area contributed by atoms with Gasteiger partial charge >= 0.3 is 0 Å². The van der Waals surface area contributed by atoms with Crippen LogP contribution in [0.25, 0.3) is 0 Å². The van der Waals surface area contributed by atoms with Crippen LogP contribution in [-0.4, -0.2) is 19.7 Å². The minimum Gasteiger partial charge on any atom is -0.495 e. The maximum absolute atomic E-state index is 6.23. The van der Waals surface area contributed by atoms with E-state index in [0.29, 0.717) is 16.8 Å². The van der Waals surface area contributed by atoms with Gasteiger partial charge in [-0.3, -0.25) is 0 Å². The average Bonchev–Trinajstić information content (AvgIpc) is 2.40. The van der Waals surface area contributed by atoms with Crippen LogP contribution in [0.4, 0.5) is 0 Å². The second-order valence-corrected chi connectivity index (χ2v) is 6.17. The molecule has 0 bridgehead atoms. The van der Waals surface area contributed by atoms with Gasteiger partial charge in [0.2, 0.25) is 0 Å². The molecule has 1 N–H and O–H groups in total. The highest BCUT2D eigenvalue weighted by Crippen LogP contribution is 2.31. The lowest BCUT2D eigenvalue weighted by Gasteiger charge is -2.09. The van der Waals surface area contributed by atoms with E-state index in [1.807, 2.05) is 6.07 Å². The van der Waals surface area contributed by atoms with Crippen molar-refractivity contribution in [3.63, 3.8) is 0 Å². The predicted molar refractivity (Wildman–Crippen MR) is 88.3 cm³/mol. The van der Waals surface area contributed by atoms with Crippen LogP contribution in [0.5, 0.6) is 5.75 Å². The number of unbranched alkanes of at least 4 members (excludes halogenated alkanes) is 3. The van der Waals surface area contributed by atoms with E-state index in [-0.39, 0.29) is 0 Å². The van der Waals surface area contributed by atoms with Gasteiger partial charge in [0.15, 0.2) is 0 Å². The maximum atomic E-state index is 6.23. The number of benzene rings is 1. The molecule has 1 aromatic rings. The first-order chi connectivity index (χ1) is 9.54. The van der Waals surface area contributed by atoms with Crippen molar-refractivity contribution in [2.45, 2.75) is 52.0 Å². The highest BCUT2D eigenvalue weighted by Gasteiger charge is 2.07. The van der Waals surface area contributed by atoms with E-state index in [2.05, 4.69) is 19.2 Å². The topological polar surface area (TPSA) is 21.3 Å². The monoisotopic (exact) mass is 317 g/mol. The summed E-state index contributed by atoms with van der Waals surface area (Å²) in [4.78, 5) is 0. The van der Waals surface area contributed by atoms with Crippen LogP contribution < -0.4 is 10.1 Å². The third-order valence-electron chi connectivity index (χ3n) is 3.25. The molecule has 2 nitrogen and oxygen atoms in total. The van der Waals surface area contributed by atoms with Gasteiger partial charge in [-0.2, -0.15) is 0 Å². The fraction of sp³-hybridized carbons (Fsp3) is 0.625. The fourth-order valence-corrected chi connectivity index (χ4v) is 2.61. The van der Waals surface area contributed by atoms with Crippen molar-refractivity contribution in [1.82, 2.24) is 5.32 Å². The lowest BCUT2D eigenvalue weighted by atomic mass is 10.1. The van der Waals surface area contributed by atoms with E-state index in [0.717, 1.165) is 30.0 Å². The van der Waals surface area contributed by atoms with E-state index in [1.165, 1.54) is 19.3 Å². The molecule has 114 valence electrons. The molecule has 20 heavy (non-hydrogen) atoms. The van der Waals surface area contributed by atoms with Crippen molar-refractivity contribution in [2.24, 2.45) is 0 Å². The number of methoxy groups -OCH3 is 1. The molecule has 0 aromatic heterocycles. The first-order valence-electron chi connectivity index (χ1n) is 7.30. The van der Waals surface area contributed by atoms with E-state index < -0.39 is 0 Å². The van der Waals surface area contributed by atoms with Crippen LogP contribution in [0.15, 0.2) is 12.1 Å². The summed E-state index contributed by atoms with van der Waals surface area (Å²) in [5, 5.41) is 4.81. The largest absolute Gasteiger partial charge is 0.495 e. The molecule has 4 heteroatoms. The normalized spacial score (nSPS) is 11.1. The number of ether oxygens (including phenoxy) is 1. The summed E-state index contributed by atoms with van der Waals surface area (Å²) in [7, 11) is 1.60. The van der Waals surface area contributed by atoms with Crippen molar-refractivity contribution >= 4 is 23.2 Å². The van der Waals surface area contributed by atoms with Crippen molar-refractivity contribution in [1.29, 1.82) is 0 Å². The van der Waals surface area contributed by atoms with Gasteiger partial charge in [0.05, 0.1) is 12.1 Å². The van der Waals surface area contributed by atoms with Gasteiger partial charge < -0.3 is 10.1 Å². The molecule has 0 spiro atoms. The Labute approximate surface area is 132 Å². The highest BCUT2D eigenvalue weighted by molar-refractivity contribution is 6.34. The summed E-state index contributed by atoms with van der Waals surface area (Å²) in [5.74, 6) is 0.639. The molecule has 0 heterocycles. The van der Waals surface area contributed by atoms with Crippen molar-refractivity contribution in [3.8, 4) is 5.75 Å². The fourth-order valence-electron chi connectivity index (χ4n) is 2.10. The number of halogens is 2. The number of hydrogen-bond acceptors (Lipinski definition) is 2. The molecule has 0 amide bonds. The first-order valence-corrected chi connectivity index (χ1v) is 8.05. The van der Waals surface area contributed by atoms with Crippen LogP contribution in [0.3, 0.4) is 0 Å². The highest BCUT2D eigenvalue weighted by atomic mass is 35.5. The Morgan fingerprint density at radius 1 is 1.05 bits per heavy atom. The minimum absolute atomic E-state index is 0.579. The number of nitrogens with one attached hydrogen (secondary N) is 1. The molecule has 0 unspecified atom stereocenters. The summed E-state index contributed by atoms with van der Waals surface area (Å²) in [6, 6.07) is 4.30. The zero-order chi connectivity index (χ0) is 15.0. The molecule has 0 aliphatic heterocycles. The summed E-state index contributed by atoms with van der Waals surface area (Å²) in [6.07, 6.45) is 5.82. The standard InChI is InChI=1S/C16H25Cl2NO/c1-12(2)19-9-7-5-4-6-8-13-10-15(18)16(20-3)11-14(13)17/h10-12,19H,4-9H2,1-3H3. The summed E-state index contributed by atoms with van der Waals surface area (Å²) in [6.45, 7) is 5.46. The van der Waals surface area contributed by atoms with E-state index >= 15 is 0 Å². The molecular formula is C16H25Cl2NO. The van der Waals surface area contributed by atoms with Gasteiger partial charge in [0, 0.05) is 17.1 Å². The lowest BCUT2D eigenvalue weighted by molar-refractivity contribution is 0.415. The van der Waals surface area contributed by atoms with Gasteiger partial charge in [0.1, 0.15) is 5.75 Å². The molecule has 0 saturated heterocycles. The van der Waals surface area contributed by atoms with Crippen molar-refractivity contribution in [3.05, 3.63) is 27.7 Å². The molecule has 0 radical (unpaired) electrons. The van der Waals surface area contributed by atoms with Crippen molar-refractivity contribution < 1.29 is 4.74 Å². The van der Waals surface area contributed by atoms with Crippen LogP contribution in [0.2, 0.25) is 10.0 Å². The lowest BCUT2D eigenvalue weighted by Crippen LogP contribution is -2.23. The Hall–Kier alpha value is -0.440. The number of rotatable bonds is 9. The summed E-state index contributed by atoms with van der Waals surface area (Å²) < 4.78 is 5.15. The summed E-state index contributed by atoms with van der Waals surface area (Å²) in [5.41, 5.74) is 1.11. The molecule has 0 fully saturated rings. The molecule has 0 aliphatic rings. The van der Waals surface area contributed by atoms with Gasteiger partial charge in [0.25, 0.3) is 0 Å². The molecule has 0 saturated carbocycles. The molecular weight excluding hydrogens is 293 g/mol. The number of aryl methyl sites for hydroxylation is 1. The first kappa shape index (κ1) is 17.6. The van der Waals surface area contributed by atoms with E-state index in [9.17, 15) is 0 Å². The minimum atomic E-state index is 0.579. The zero-order valence-corrected chi connectivity index (χ0v) is 14.2. The quantitative estimate of drug-likeness (QED) is 0.639. The maximum Gasteiger partial charge on any atom is 0.138 e. The van der Waals surface area contributed by atoms with Crippen LogP contribution in [0.1, 0.15) is 45.1 Å². The van der Waals surface area contributed by atoms with Gasteiger partial charge in [-0.25, -0.2) is 0 Å². The van der Waals surface area contributed by atoms with E-state index in [4.69, 9.17) is 27.9 Å². The molecule has 0 aliphatic carbocycles. The smallest absolute Gasteiger partial charge is 0.138 e. The Balaban J connectivity index is 2.27. The summed E-state index contributed by atoms with van der Waals surface area (Å²) >= 11 is 12.3. The second kappa shape index (κ2) is 9.49. The Kier molecular flexibility index (Phi) is 8.35. The number of hydrogen-bond donors (Lipinski definition) is 1. The predicted octanol–water partition coefficient (Wildman–Crippen LogP) is 5.10.